The summed E-state index contributed by atoms with van der Waals surface area (Å²) in [6.07, 6.45) is 1.56. The van der Waals surface area contributed by atoms with Crippen LogP contribution in [0.1, 0.15) is 28.5 Å². The molecule has 0 atom stereocenters. The second-order valence-electron chi connectivity index (χ2n) is 5.61. The maximum absolute atomic E-state index is 12.4. The largest absolute Gasteiger partial charge is 0.493 e. The highest BCUT2D eigenvalue weighted by Gasteiger charge is 2.16. The van der Waals surface area contributed by atoms with Gasteiger partial charge >= 0.3 is 0 Å². The molecule has 3 aromatic rings. The van der Waals surface area contributed by atoms with Gasteiger partial charge in [-0.1, -0.05) is 42.5 Å². The molecular formula is C20H20N4O2. The van der Waals surface area contributed by atoms with Crippen LogP contribution in [0.15, 0.2) is 59.7 Å². The molecule has 3 rings (SSSR count). The standard InChI is InChI=1S/C20H20N4O2/c1-3-26-17-12-8-7-11-16(17)13-21-24-20(25)19-14(2)18(22-23-19)15-9-5-4-6-10-15/h4-13H,3H2,1-2H3,(H,22,23)(H,24,25)/b21-13+. The minimum Gasteiger partial charge on any atom is -0.493 e. The lowest BCUT2D eigenvalue weighted by atomic mass is 10.1. The molecule has 0 fully saturated rings. The summed E-state index contributed by atoms with van der Waals surface area (Å²) in [4.78, 5) is 12.4. The van der Waals surface area contributed by atoms with E-state index in [1.165, 1.54) is 0 Å². The number of amides is 1. The molecule has 2 aromatic carbocycles. The zero-order chi connectivity index (χ0) is 18.4. The number of benzene rings is 2. The highest BCUT2D eigenvalue weighted by molar-refractivity contribution is 5.96. The summed E-state index contributed by atoms with van der Waals surface area (Å²) in [5.41, 5.74) is 6.19. The summed E-state index contributed by atoms with van der Waals surface area (Å²) >= 11 is 0. The molecule has 2 N–H and O–H groups in total. The van der Waals surface area contributed by atoms with Gasteiger partial charge in [0.05, 0.1) is 18.5 Å². The number of para-hydroxylation sites is 1. The van der Waals surface area contributed by atoms with E-state index >= 15 is 0 Å². The molecule has 0 saturated heterocycles. The average molecular weight is 348 g/mol. The van der Waals surface area contributed by atoms with Gasteiger partial charge in [0.15, 0.2) is 0 Å². The number of rotatable bonds is 6. The quantitative estimate of drug-likeness (QED) is 0.528. The maximum Gasteiger partial charge on any atom is 0.289 e. The number of nitrogens with zero attached hydrogens (tertiary/aromatic N) is 2. The van der Waals surface area contributed by atoms with Crippen LogP contribution in [0, 0.1) is 6.92 Å². The van der Waals surface area contributed by atoms with E-state index in [1.54, 1.807) is 6.21 Å². The van der Waals surface area contributed by atoms with E-state index in [4.69, 9.17) is 4.74 Å². The summed E-state index contributed by atoms with van der Waals surface area (Å²) in [6.45, 7) is 4.34. The number of aromatic amines is 1. The van der Waals surface area contributed by atoms with Crippen LogP contribution in [0.4, 0.5) is 0 Å². The summed E-state index contributed by atoms with van der Waals surface area (Å²) in [7, 11) is 0. The van der Waals surface area contributed by atoms with Crippen molar-refractivity contribution in [3.63, 3.8) is 0 Å². The van der Waals surface area contributed by atoms with Crippen LogP contribution in [-0.4, -0.2) is 28.9 Å². The number of hydrazone groups is 1. The molecule has 0 aliphatic rings. The predicted molar refractivity (Wildman–Crippen MR) is 101 cm³/mol. The fourth-order valence-corrected chi connectivity index (χ4v) is 2.59. The van der Waals surface area contributed by atoms with Crippen molar-refractivity contribution < 1.29 is 9.53 Å². The molecule has 26 heavy (non-hydrogen) atoms. The van der Waals surface area contributed by atoms with E-state index < -0.39 is 0 Å². The SMILES string of the molecule is CCOc1ccccc1/C=N/NC(=O)c1[nH]nc(-c2ccccc2)c1C. The number of hydrogen-bond acceptors (Lipinski definition) is 4. The van der Waals surface area contributed by atoms with Gasteiger partial charge < -0.3 is 4.74 Å². The molecule has 0 spiro atoms. The molecule has 6 heteroatoms. The van der Waals surface area contributed by atoms with Gasteiger partial charge in [0.2, 0.25) is 0 Å². The number of nitrogens with one attached hydrogen (secondary N) is 2. The predicted octanol–water partition coefficient (Wildman–Crippen LogP) is 3.55. The third-order valence-electron chi connectivity index (χ3n) is 3.87. The lowest BCUT2D eigenvalue weighted by Crippen LogP contribution is -2.19. The fraction of sp³-hybridized carbons (Fsp3) is 0.150. The van der Waals surface area contributed by atoms with Gasteiger partial charge in [-0.15, -0.1) is 0 Å². The molecule has 1 aromatic heterocycles. The molecule has 1 amide bonds. The van der Waals surface area contributed by atoms with Crippen molar-refractivity contribution in [3.05, 3.63) is 71.4 Å². The molecule has 0 saturated carbocycles. The Morgan fingerprint density at radius 3 is 2.69 bits per heavy atom. The Bertz CT molecular complexity index is 917. The van der Waals surface area contributed by atoms with E-state index in [1.807, 2.05) is 68.4 Å². The molecule has 132 valence electrons. The molecule has 6 nitrogen and oxygen atoms in total. The number of carbonyl (C=O) groups excluding carboxylic acids is 1. The molecule has 1 heterocycles. The van der Waals surface area contributed by atoms with Gasteiger partial charge in [-0.3, -0.25) is 9.89 Å². The van der Waals surface area contributed by atoms with E-state index in [0.29, 0.717) is 12.3 Å². The van der Waals surface area contributed by atoms with Crippen LogP contribution in [0.3, 0.4) is 0 Å². The van der Waals surface area contributed by atoms with Gasteiger partial charge in [0.1, 0.15) is 11.4 Å². The van der Waals surface area contributed by atoms with Crippen LogP contribution in [-0.2, 0) is 0 Å². The van der Waals surface area contributed by atoms with Crippen molar-refractivity contribution in [3.8, 4) is 17.0 Å². The zero-order valence-electron chi connectivity index (χ0n) is 14.7. The first-order valence-corrected chi connectivity index (χ1v) is 8.36. The van der Waals surface area contributed by atoms with Crippen molar-refractivity contribution in [2.75, 3.05) is 6.61 Å². The Morgan fingerprint density at radius 2 is 1.92 bits per heavy atom. The zero-order valence-corrected chi connectivity index (χ0v) is 14.7. The van der Waals surface area contributed by atoms with Crippen LogP contribution in [0.2, 0.25) is 0 Å². The van der Waals surface area contributed by atoms with Crippen molar-refractivity contribution in [2.24, 2.45) is 5.10 Å². The number of carbonyl (C=O) groups is 1. The van der Waals surface area contributed by atoms with Gasteiger partial charge in [-0.05, 0) is 26.0 Å². The van der Waals surface area contributed by atoms with Crippen molar-refractivity contribution in [1.29, 1.82) is 0 Å². The highest BCUT2D eigenvalue weighted by atomic mass is 16.5. The van der Waals surface area contributed by atoms with Crippen molar-refractivity contribution >= 4 is 12.1 Å². The van der Waals surface area contributed by atoms with Crippen LogP contribution in [0.25, 0.3) is 11.3 Å². The first kappa shape index (κ1) is 17.4. The van der Waals surface area contributed by atoms with Gasteiger partial charge in [-0.2, -0.15) is 10.2 Å². The third kappa shape index (κ3) is 3.80. The van der Waals surface area contributed by atoms with Gasteiger partial charge in [-0.25, -0.2) is 5.43 Å². The van der Waals surface area contributed by atoms with Crippen LogP contribution in [0.5, 0.6) is 5.75 Å². The summed E-state index contributed by atoms with van der Waals surface area (Å²) in [5.74, 6) is 0.374. The van der Waals surface area contributed by atoms with Gasteiger partial charge in [0.25, 0.3) is 5.91 Å². The topological polar surface area (TPSA) is 79.4 Å². The number of ether oxygens (including phenoxy) is 1. The van der Waals surface area contributed by atoms with Crippen LogP contribution < -0.4 is 10.2 Å². The Hall–Kier alpha value is -3.41. The number of aromatic nitrogens is 2. The van der Waals surface area contributed by atoms with E-state index in [9.17, 15) is 4.79 Å². The van der Waals surface area contributed by atoms with Gasteiger partial charge in [0, 0.05) is 16.7 Å². The smallest absolute Gasteiger partial charge is 0.289 e. The minimum atomic E-state index is -0.345. The van der Waals surface area contributed by atoms with E-state index in [2.05, 4.69) is 20.7 Å². The summed E-state index contributed by atoms with van der Waals surface area (Å²) < 4.78 is 5.53. The first-order valence-electron chi connectivity index (χ1n) is 8.36. The van der Waals surface area contributed by atoms with E-state index in [-0.39, 0.29) is 5.91 Å². The first-order chi connectivity index (χ1) is 12.7. The minimum absolute atomic E-state index is 0.345. The molecular weight excluding hydrogens is 328 g/mol. The lowest BCUT2D eigenvalue weighted by molar-refractivity contribution is 0.0949. The third-order valence-corrected chi connectivity index (χ3v) is 3.87. The summed E-state index contributed by atoms with van der Waals surface area (Å²) in [5, 5.41) is 11.1. The molecule has 0 radical (unpaired) electrons. The second kappa shape index (κ2) is 8.11. The second-order valence-corrected chi connectivity index (χ2v) is 5.61. The molecule has 0 bridgehead atoms. The number of hydrogen-bond donors (Lipinski definition) is 2. The molecule has 0 aliphatic heterocycles. The highest BCUT2D eigenvalue weighted by Crippen LogP contribution is 2.22. The van der Waals surface area contributed by atoms with Crippen molar-refractivity contribution in [1.82, 2.24) is 15.6 Å². The maximum atomic E-state index is 12.4. The fourth-order valence-electron chi connectivity index (χ4n) is 2.59. The van der Waals surface area contributed by atoms with Crippen LogP contribution >= 0.6 is 0 Å². The number of H-pyrrole nitrogens is 1. The molecule has 0 aliphatic carbocycles. The normalized spacial score (nSPS) is 10.8. The summed E-state index contributed by atoms with van der Waals surface area (Å²) in [6, 6.07) is 17.2. The lowest BCUT2D eigenvalue weighted by Gasteiger charge is -2.05. The molecule has 0 unspecified atom stereocenters. The van der Waals surface area contributed by atoms with E-state index in [0.717, 1.165) is 28.1 Å². The average Bonchev–Trinajstić information content (AvgIpc) is 3.05. The Morgan fingerprint density at radius 1 is 1.19 bits per heavy atom. The Labute approximate surface area is 151 Å². The Kier molecular flexibility index (Phi) is 5.43. The monoisotopic (exact) mass is 348 g/mol. The van der Waals surface area contributed by atoms with Crippen molar-refractivity contribution in [2.45, 2.75) is 13.8 Å². The Balaban J connectivity index is 1.73.